The van der Waals surface area contributed by atoms with Gasteiger partial charge in [-0.15, -0.1) is 0 Å². The van der Waals surface area contributed by atoms with Gasteiger partial charge in [0.05, 0.1) is 6.61 Å². The largest absolute Gasteiger partial charge is 0.411 e. The molecule has 96 valence electrons. The van der Waals surface area contributed by atoms with E-state index in [1.807, 2.05) is 0 Å². The van der Waals surface area contributed by atoms with Crippen LogP contribution in [0.2, 0.25) is 0 Å². The molecule has 0 aliphatic heterocycles. The minimum Gasteiger partial charge on any atom is -0.370 e. The Morgan fingerprint density at radius 2 is 1.81 bits per heavy atom. The first kappa shape index (κ1) is 13.8. The van der Waals surface area contributed by atoms with E-state index in [0.29, 0.717) is 5.92 Å². The fourth-order valence-electron chi connectivity index (χ4n) is 2.25. The third kappa shape index (κ3) is 6.33. The Hall–Kier alpha value is -0.290. The summed E-state index contributed by atoms with van der Waals surface area (Å²) >= 11 is 0. The first-order valence-electron chi connectivity index (χ1n) is 5.87. The number of ether oxygens (including phenoxy) is 1. The van der Waals surface area contributed by atoms with Crippen LogP contribution in [0.1, 0.15) is 38.5 Å². The van der Waals surface area contributed by atoms with Crippen LogP contribution >= 0.6 is 0 Å². The lowest BCUT2D eigenvalue weighted by atomic mass is 9.85. The lowest BCUT2D eigenvalue weighted by Gasteiger charge is -2.24. The third-order valence-electron chi connectivity index (χ3n) is 2.96. The molecule has 2 nitrogen and oxygen atoms in total. The van der Waals surface area contributed by atoms with E-state index in [4.69, 9.17) is 5.73 Å². The standard InChI is InChI=1S/C11H20F3NO/c12-11(13,14)8-16-7-10(15)6-9-4-2-1-3-5-9/h9-10H,1-8,15H2. The molecule has 1 aliphatic carbocycles. The van der Waals surface area contributed by atoms with Gasteiger partial charge in [-0.05, 0) is 12.3 Å². The van der Waals surface area contributed by atoms with E-state index in [2.05, 4.69) is 4.74 Å². The van der Waals surface area contributed by atoms with E-state index in [1.165, 1.54) is 19.3 Å². The second kappa shape index (κ2) is 6.45. The van der Waals surface area contributed by atoms with Gasteiger partial charge in [0, 0.05) is 6.04 Å². The molecular weight excluding hydrogens is 219 g/mol. The van der Waals surface area contributed by atoms with Crippen LogP contribution in [0.3, 0.4) is 0 Å². The van der Waals surface area contributed by atoms with Crippen molar-refractivity contribution >= 4 is 0 Å². The van der Waals surface area contributed by atoms with E-state index in [-0.39, 0.29) is 12.6 Å². The average molecular weight is 239 g/mol. The van der Waals surface area contributed by atoms with Crippen LogP contribution in [0.25, 0.3) is 0 Å². The van der Waals surface area contributed by atoms with Crippen LogP contribution < -0.4 is 5.73 Å². The van der Waals surface area contributed by atoms with Crippen molar-refractivity contribution in [3.8, 4) is 0 Å². The topological polar surface area (TPSA) is 35.2 Å². The highest BCUT2D eigenvalue weighted by molar-refractivity contribution is 4.72. The summed E-state index contributed by atoms with van der Waals surface area (Å²) in [6.45, 7) is -1.18. The molecule has 16 heavy (non-hydrogen) atoms. The molecule has 0 aromatic heterocycles. The van der Waals surface area contributed by atoms with Gasteiger partial charge in [-0.3, -0.25) is 0 Å². The predicted octanol–water partition coefficient (Wildman–Crippen LogP) is 2.86. The zero-order valence-corrected chi connectivity index (χ0v) is 9.43. The normalized spacial score (nSPS) is 21.0. The summed E-state index contributed by atoms with van der Waals surface area (Å²) in [5.41, 5.74) is 5.74. The Labute approximate surface area is 94.3 Å². The number of halogens is 3. The molecule has 1 atom stereocenters. The summed E-state index contributed by atoms with van der Waals surface area (Å²) in [5, 5.41) is 0. The smallest absolute Gasteiger partial charge is 0.370 e. The summed E-state index contributed by atoms with van der Waals surface area (Å²) in [6, 6.07) is -0.259. The fourth-order valence-corrected chi connectivity index (χ4v) is 2.25. The van der Waals surface area contributed by atoms with Crippen molar-refractivity contribution < 1.29 is 17.9 Å². The maximum Gasteiger partial charge on any atom is 0.411 e. The molecule has 1 fully saturated rings. The number of nitrogens with two attached hydrogens (primary N) is 1. The maximum absolute atomic E-state index is 11.8. The van der Waals surface area contributed by atoms with Crippen molar-refractivity contribution in [2.45, 2.75) is 50.7 Å². The summed E-state index contributed by atoms with van der Waals surface area (Å²) < 4.78 is 39.9. The van der Waals surface area contributed by atoms with E-state index >= 15 is 0 Å². The summed E-state index contributed by atoms with van der Waals surface area (Å²) in [4.78, 5) is 0. The number of hydrogen-bond donors (Lipinski definition) is 1. The van der Waals surface area contributed by atoms with Crippen LogP contribution in [0.15, 0.2) is 0 Å². The van der Waals surface area contributed by atoms with Gasteiger partial charge in [0.15, 0.2) is 0 Å². The molecule has 1 aliphatic rings. The Balaban J connectivity index is 2.08. The van der Waals surface area contributed by atoms with E-state index in [9.17, 15) is 13.2 Å². The van der Waals surface area contributed by atoms with Gasteiger partial charge in [-0.2, -0.15) is 13.2 Å². The molecule has 0 aromatic carbocycles. The molecule has 0 aromatic rings. The van der Waals surface area contributed by atoms with E-state index in [0.717, 1.165) is 19.3 Å². The minimum atomic E-state index is -4.25. The van der Waals surface area contributed by atoms with Crippen molar-refractivity contribution in [2.24, 2.45) is 11.7 Å². The number of rotatable bonds is 5. The molecule has 0 heterocycles. The van der Waals surface area contributed by atoms with Crippen LogP contribution in [0.4, 0.5) is 13.2 Å². The zero-order valence-electron chi connectivity index (χ0n) is 9.43. The molecule has 1 saturated carbocycles. The Morgan fingerprint density at radius 1 is 1.19 bits per heavy atom. The van der Waals surface area contributed by atoms with Gasteiger partial charge in [0.2, 0.25) is 0 Å². The highest BCUT2D eigenvalue weighted by Gasteiger charge is 2.28. The number of alkyl halides is 3. The molecule has 1 unspecified atom stereocenters. The van der Waals surface area contributed by atoms with Gasteiger partial charge in [-0.1, -0.05) is 32.1 Å². The lowest BCUT2D eigenvalue weighted by molar-refractivity contribution is -0.175. The Kier molecular flexibility index (Phi) is 5.55. The summed E-state index contributed by atoms with van der Waals surface area (Å²) in [5.74, 6) is 0.582. The molecular formula is C11H20F3NO. The van der Waals surface area contributed by atoms with Crippen molar-refractivity contribution in [3.63, 3.8) is 0 Å². The number of hydrogen-bond acceptors (Lipinski definition) is 2. The SMILES string of the molecule is NC(COCC(F)(F)F)CC1CCCCC1. The molecule has 0 spiro atoms. The second-order valence-electron chi connectivity index (χ2n) is 4.63. The van der Waals surface area contributed by atoms with Gasteiger partial charge >= 0.3 is 6.18 Å². The fraction of sp³-hybridized carbons (Fsp3) is 1.00. The second-order valence-corrected chi connectivity index (χ2v) is 4.63. The average Bonchev–Trinajstić information content (AvgIpc) is 2.17. The zero-order chi connectivity index (χ0) is 12.0. The molecule has 0 radical (unpaired) electrons. The molecule has 0 saturated heterocycles. The van der Waals surface area contributed by atoms with Crippen LogP contribution in [0.5, 0.6) is 0 Å². The molecule has 5 heteroatoms. The first-order valence-corrected chi connectivity index (χ1v) is 5.87. The first-order chi connectivity index (χ1) is 7.47. The molecule has 0 bridgehead atoms. The van der Waals surface area contributed by atoms with E-state index < -0.39 is 12.8 Å². The van der Waals surface area contributed by atoms with E-state index in [1.54, 1.807) is 0 Å². The Bertz CT molecular complexity index is 190. The molecule has 1 rings (SSSR count). The van der Waals surface area contributed by atoms with Crippen molar-refractivity contribution in [2.75, 3.05) is 13.2 Å². The summed E-state index contributed by atoms with van der Waals surface area (Å²) in [7, 11) is 0. The van der Waals surface area contributed by atoms with Gasteiger partial charge in [0.25, 0.3) is 0 Å². The van der Waals surface area contributed by atoms with Crippen molar-refractivity contribution in [3.05, 3.63) is 0 Å². The minimum absolute atomic E-state index is 0.00993. The van der Waals surface area contributed by atoms with Crippen LogP contribution in [0, 0.1) is 5.92 Å². The van der Waals surface area contributed by atoms with Gasteiger partial charge < -0.3 is 10.5 Å². The molecule has 0 amide bonds. The van der Waals surface area contributed by atoms with Crippen LogP contribution in [-0.4, -0.2) is 25.4 Å². The maximum atomic E-state index is 11.8. The van der Waals surface area contributed by atoms with Crippen molar-refractivity contribution in [1.82, 2.24) is 0 Å². The highest BCUT2D eigenvalue weighted by atomic mass is 19.4. The van der Waals surface area contributed by atoms with Gasteiger partial charge in [-0.25, -0.2) is 0 Å². The lowest BCUT2D eigenvalue weighted by Crippen LogP contribution is -2.31. The van der Waals surface area contributed by atoms with Crippen LogP contribution in [-0.2, 0) is 4.74 Å². The monoisotopic (exact) mass is 239 g/mol. The van der Waals surface area contributed by atoms with Gasteiger partial charge in [0.1, 0.15) is 6.61 Å². The highest BCUT2D eigenvalue weighted by Crippen LogP contribution is 2.27. The Morgan fingerprint density at radius 3 is 2.38 bits per heavy atom. The predicted molar refractivity (Wildman–Crippen MR) is 56.0 cm³/mol. The quantitative estimate of drug-likeness (QED) is 0.800. The van der Waals surface area contributed by atoms with Crippen molar-refractivity contribution in [1.29, 1.82) is 0 Å². The molecule has 2 N–H and O–H groups in total. The summed E-state index contributed by atoms with van der Waals surface area (Å²) in [6.07, 6.45) is 2.58. The third-order valence-corrected chi connectivity index (χ3v) is 2.96.